The number of rotatable bonds is 4. The van der Waals surface area contributed by atoms with Gasteiger partial charge >= 0.3 is 0 Å². The fraction of sp³-hybridized carbons (Fsp3) is 0.520. The number of aliphatic hydroxyl groups excluding tert-OH is 3. The largest absolute Gasteiger partial charge is 0.390 e. The number of ether oxygens (including phenoxy) is 2. The first kappa shape index (κ1) is 22.7. The summed E-state index contributed by atoms with van der Waals surface area (Å²) in [5, 5.41) is 32.6. The van der Waals surface area contributed by atoms with Gasteiger partial charge in [0.1, 0.15) is 6.10 Å². The number of halogens is 1. The van der Waals surface area contributed by atoms with Crippen LogP contribution in [0, 0.1) is 5.92 Å². The van der Waals surface area contributed by atoms with Crippen molar-refractivity contribution in [1.82, 2.24) is 0 Å². The maximum Gasteiger partial charge on any atom is 0.163 e. The van der Waals surface area contributed by atoms with Crippen molar-refractivity contribution in [3.8, 4) is 0 Å². The molecular weight excluding hydrogens is 416 g/mol. The van der Waals surface area contributed by atoms with E-state index < -0.39 is 42.0 Å². The Labute approximate surface area is 188 Å². The highest BCUT2D eigenvalue weighted by Crippen LogP contribution is 2.44. The van der Waals surface area contributed by atoms with Crippen LogP contribution >= 0.6 is 11.6 Å². The Morgan fingerprint density at radius 3 is 2.32 bits per heavy atom. The van der Waals surface area contributed by atoms with Crippen molar-refractivity contribution in [1.29, 1.82) is 0 Å². The molecule has 4 rings (SSSR count). The van der Waals surface area contributed by atoms with Crippen LogP contribution in [0.4, 0.5) is 0 Å². The molecule has 0 aromatic heterocycles. The average molecular weight is 447 g/mol. The Kier molecular flexibility index (Phi) is 6.46. The third-order valence-electron chi connectivity index (χ3n) is 6.61. The minimum Gasteiger partial charge on any atom is -0.390 e. The summed E-state index contributed by atoms with van der Waals surface area (Å²) in [6.45, 7) is 6.01. The van der Waals surface area contributed by atoms with Crippen LogP contribution in [0.1, 0.15) is 48.9 Å². The van der Waals surface area contributed by atoms with Crippen LogP contribution in [-0.2, 0) is 22.3 Å². The zero-order chi connectivity index (χ0) is 22.3. The Balaban J connectivity index is 1.67. The molecule has 3 N–H and O–H groups in total. The number of aliphatic hydroxyl groups is 3. The molecule has 0 unspecified atom stereocenters. The van der Waals surface area contributed by atoms with E-state index >= 15 is 0 Å². The van der Waals surface area contributed by atoms with Gasteiger partial charge in [-0.2, -0.15) is 0 Å². The molecular formula is C25H31ClO5. The summed E-state index contributed by atoms with van der Waals surface area (Å²) in [6, 6.07) is 14.1. The van der Waals surface area contributed by atoms with E-state index in [4.69, 9.17) is 21.1 Å². The molecule has 0 amide bonds. The van der Waals surface area contributed by atoms with Crippen molar-refractivity contribution in [3.05, 3.63) is 69.7 Å². The molecule has 5 nitrogen and oxygen atoms in total. The number of benzene rings is 2. The molecule has 31 heavy (non-hydrogen) atoms. The van der Waals surface area contributed by atoms with Crippen molar-refractivity contribution in [2.24, 2.45) is 5.92 Å². The van der Waals surface area contributed by atoms with Gasteiger partial charge in [-0.25, -0.2) is 0 Å². The molecule has 1 saturated heterocycles. The average Bonchev–Trinajstić information content (AvgIpc) is 2.74. The topological polar surface area (TPSA) is 79.2 Å². The standard InChI is InChI=1S/C25H31ClO5/c1-4-14-5-7-15(8-6-14)11-17-12-16(9-10-19(17)26)20-22(28)23(29)21(27)18-13-30-25(2,3)31-24(18)20/h5-10,12,18,20-24,27-29H,4,11,13H2,1-3H3/t18-,20+,21-,22+,23+,24+/m1/s1. The fourth-order valence-electron chi connectivity index (χ4n) is 4.77. The Bertz CT molecular complexity index is 913. The minimum atomic E-state index is -1.28. The molecule has 0 bridgehead atoms. The van der Waals surface area contributed by atoms with E-state index in [1.54, 1.807) is 0 Å². The highest BCUT2D eigenvalue weighted by molar-refractivity contribution is 6.31. The van der Waals surface area contributed by atoms with Gasteiger partial charge in [-0.15, -0.1) is 0 Å². The lowest BCUT2D eigenvalue weighted by Gasteiger charge is -2.52. The lowest BCUT2D eigenvalue weighted by atomic mass is 9.70. The Hall–Kier alpha value is -1.47. The molecule has 2 aliphatic rings. The first-order valence-electron chi connectivity index (χ1n) is 10.9. The molecule has 1 heterocycles. The summed E-state index contributed by atoms with van der Waals surface area (Å²) in [5.41, 5.74) is 4.21. The Morgan fingerprint density at radius 2 is 1.65 bits per heavy atom. The van der Waals surface area contributed by atoms with Crippen LogP contribution in [0.15, 0.2) is 42.5 Å². The molecule has 6 heteroatoms. The van der Waals surface area contributed by atoms with Crippen molar-refractivity contribution in [2.75, 3.05) is 6.61 Å². The van der Waals surface area contributed by atoms with Crippen LogP contribution in [0.2, 0.25) is 5.02 Å². The zero-order valence-electron chi connectivity index (χ0n) is 18.2. The summed E-state index contributed by atoms with van der Waals surface area (Å²) in [4.78, 5) is 0. The maximum atomic E-state index is 10.9. The SMILES string of the molecule is CCc1ccc(Cc2cc([C@H]3[C@H](O)[C@@H](O)[C@H](O)[C@H]4COC(C)(C)O[C@@H]43)ccc2Cl)cc1. The van der Waals surface area contributed by atoms with Gasteiger partial charge in [0.2, 0.25) is 0 Å². The molecule has 6 atom stereocenters. The third-order valence-corrected chi connectivity index (χ3v) is 6.97. The van der Waals surface area contributed by atoms with Crippen molar-refractivity contribution < 1.29 is 24.8 Å². The number of hydrogen-bond acceptors (Lipinski definition) is 5. The van der Waals surface area contributed by atoms with E-state index in [0.717, 1.165) is 23.1 Å². The van der Waals surface area contributed by atoms with Gasteiger partial charge in [-0.1, -0.05) is 54.9 Å². The number of fused-ring (bicyclic) bond motifs is 1. The fourth-order valence-corrected chi connectivity index (χ4v) is 4.96. The van der Waals surface area contributed by atoms with Crippen molar-refractivity contribution in [3.63, 3.8) is 0 Å². The van der Waals surface area contributed by atoms with Gasteiger partial charge in [0.15, 0.2) is 5.79 Å². The third kappa shape index (κ3) is 4.54. The van der Waals surface area contributed by atoms with Crippen LogP contribution in [0.5, 0.6) is 0 Å². The lowest BCUT2D eigenvalue weighted by molar-refractivity contribution is -0.329. The first-order valence-corrected chi connectivity index (χ1v) is 11.3. The summed E-state index contributed by atoms with van der Waals surface area (Å²) in [7, 11) is 0. The van der Waals surface area contributed by atoms with E-state index in [0.29, 0.717) is 11.4 Å². The second-order valence-electron chi connectivity index (χ2n) is 9.15. The molecule has 1 aliphatic heterocycles. The van der Waals surface area contributed by atoms with Gasteiger partial charge in [-0.05, 0) is 55.0 Å². The van der Waals surface area contributed by atoms with Crippen molar-refractivity contribution >= 4 is 11.6 Å². The van der Waals surface area contributed by atoms with E-state index in [1.165, 1.54) is 5.56 Å². The normalized spacial score (nSPS) is 32.5. The molecule has 0 spiro atoms. The summed E-state index contributed by atoms with van der Waals surface area (Å²) >= 11 is 6.51. The monoisotopic (exact) mass is 446 g/mol. The molecule has 1 aliphatic carbocycles. The highest BCUT2D eigenvalue weighted by atomic mass is 35.5. The number of hydrogen-bond donors (Lipinski definition) is 3. The Morgan fingerprint density at radius 1 is 0.968 bits per heavy atom. The predicted molar refractivity (Wildman–Crippen MR) is 119 cm³/mol. The van der Waals surface area contributed by atoms with Gasteiger partial charge in [0.05, 0.1) is 24.9 Å². The smallest absolute Gasteiger partial charge is 0.163 e. The van der Waals surface area contributed by atoms with Crippen LogP contribution in [0.3, 0.4) is 0 Å². The second-order valence-corrected chi connectivity index (χ2v) is 9.56. The summed E-state index contributed by atoms with van der Waals surface area (Å²) in [6.07, 6.45) is -2.39. The van der Waals surface area contributed by atoms with E-state index in [9.17, 15) is 15.3 Å². The lowest BCUT2D eigenvalue weighted by Crippen LogP contribution is -2.63. The molecule has 1 saturated carbocycles. The van der Waals surface area contributed by atoms with Crippen molar-refractivity contribution in [2.45, 2.75) is 69.7 Å². The summed E-state index contributed by atoms with van der Waals surface area (Å²) in [5.74, 6) is -1.78. The molecule has 2 fully saturated rings. The van der Waals surface area contributed by atoms with Crippen LogP contribution in [-0.4, -0.2) is 52.1 Å². The van der Waals surface area contributed by atoms with Gasteiger partial charge < -0.3 is 24.8 Å². The molecule has 0 radical (unpaired) electrons. The van der Waals surface area contributed by atoms with E-state index in [-0.39, 0.29) is 6.61 Å². The quantitative estimate of drug-likeness (QED) is 0.670. The maximum absolute atomic E-state index is 10.9. The predicted octanol–water partition coefficient (Wildman–Crippen LogP) is 3.44. The molecule has 2 aromatic rings. The summed E-state index contributed by atoms with van der Waals surface area (Å²) < 4.78 is 11.9. The second kappa shape index (κ2) is 8.81. The molecule has 168 valence electrons. The minimum absolute atomic E-state index is 0.253. The first-order chi connectivity index (χ1) is 14.7. The van der Waals surface area contributed by atoms with Gasteiger partial charge in [0.25, 0.3) is 0 Å². The van der Waals surface area contributed by atoms with Gasteiger partial charge in [0, 0.05) is 16.9 Å². The zero-order valence-corrected chi connectivity index (χ0v) is 18.9. The number of aryl methyl sites for hydroxylation is 1. The highest BCUT2D eigenvalue weighted by Gasteiger charge is 2.54. The van der Waals surface area contributed by atoms with Gasteiger partial charge in [-0.3, -0.25) is 0 Å². The van der Waals surface area contributed by atoms with E-state index in [2.05, 4.69) is 31.2 Å². The molecule has 2 aromatic carbocycles. The van der Waals surface area contributed by atoms with E-state index in [1.807, 2.05) is 32.0 Å². The van der Waals surface area contributed by atoms with Crippen LogP contribution in [0.25, 0.3) is 0 Å². The van der Waals surface area contributed by atoms with Crippen LogP contribution < -0.4 is 0 Å².